The maximum atomic E-state index is 12.5. The largest absolute Gasteiger partial charge is 0.496 e. The number of aliphatic carboxylic acids is 1. The SMILES string of the molecule is COc1c(C)c(-c2ccc(NC3CCCC3)nc2)c(OC)c(C)c1/C=C(\C)C(=O)N[C@H](C)C(=O)O. The van der Waals surface area contributed by atoms with E-state index in [0.717, 1.165) is 28.1 Å². The van der Waals surface area contributed by atoms with Gasteiger partial charge >= 0.3 is 5.97 Å². The van der Waals surface area contributed by atoms with Crippen molar-refractivity contribution in [2.45, 2.75) is 65.5 Å². The maximum Gasteiger partial charge on any atom is 0.325 e. The van der Waals surface area contributed by atoms with Crippen molar-refractivity contribution in [3.8, 4) is 22.6 Å². The third-order valence-corrected chi connectivity index (χ3v) is 6.54. The van der Waals surface area contributed by atoms with Crippen LogP contribution in [0.15, 0.2) is 23.9 Å². The van der Waals surface area contributed by atoms with E-state index in [9.17, 15) is 9.59 Å². The fourth-order valence-electron chi connectivity index (χ4n) is 4.57. The highest BCUT2D eigenvalue weighted by Gasteiger charge is 2.23. The minimum atomic E-state index is -1.10. The van der Waals surface area contributed by atoms with E-state index >= 15 is 0 Å². The molecule has 1 aromatic heterocycles. The summed E-state index contributed by atoms with van der Waals surface area (Å²) in [4.78, 5) is 28.3. The second kappa shape index (κ2) is 11.3. The van der Waals surface area contributed by atoms with E-state index in [2.05, 4.69) is 15.6 Å². The molecule has 0 aliphatic heterocycles. The van der Waals surface area contributed by atoms with Crippen LogP contribution < -0.4 is 20.1 Å². The molecule has 2 aromatic rings. The van der Waals surface area contributed by atoms with Crippen molar-refractivity contribution in [3.63, 3.8) is 0 Å². The summed E-state index contributed by atoms with van der Waals surface area (Å²) in [5.41, 5.74) is 4.49. The van der Waals surface area contributed by atoms with Gasteiger partial charge < -0.3 is 25.2 Å². The molecule has 0 saturated heterocycles. The molecule has 0 bridgehead atoms. The van der Waals surface area contributed by atoms with Gasteiger partial charge in [0.05, 0.1) is 14.2 Å². The first-order valence-corrected chi connectivity index (χ1v) is 11.9. The number of pyridine rings is 1. The van der Waals surface area contributed by atoms with Crippen molar-refractivity contribution in [1.82, 2.24) is 10.3 Å². The molecule has 1 heterocycles. The first kappa shape index (κ1) is 26.1. The standard InChI is InChI=1S/C27H35N3O5/c1-15(26(31)29-18(4)27(32)33)13-21-16(2)25(35-6)23(17(3)24(21)34-5)19-11-12-22(28-14-19)30-20-9-7-8-10-20/h11-14,18,20H,7-10H2,1-6H3,(H,28,30)(H,29,31)(H,32,33)/b15-13+/t18-/m1/s1. The van der Waals surface area contributed by atoms with Crippen LogP contribution in [0, 0.1) is 13.8 Å². The Morgan fingerprint density at radius 1 is 1.11 bits per heavy atom. The second-order valence-electron chi connectivity index (χ2n) is 9.02. The second-order valence-corrected chi connectivity index (χ2v) is 9.02. The number of rotatable bonds is 9. The number of nitrogens with zero attached hydrogens (tertiary/aromatic N) is 1. The molecule has 1 aromatic carbocycles. The van der Waals surface area contributed by atoms with E-state index in [0.29, 0.717) is 28.7 Å². The zero-order chi connectivity index (χ0) is 25.7. The number of methoxy groups -OCH3 is 2. The number of nitrogens with one attached hydrogen (secondary N) is 2. The van der Waals surface area contributed by atoms with Gasteiger partial charge in [0.25, 0.3) is 0 Å². The number of hydrogen-bond acceptors (Lipinski definition) is 6. The number of ether oxygens (including phenoxy) is 2. The summed E-state index contributed by atoms with van der Waals surface area (Å²) in [5.74, 6) is 0.582. The summed E-state index contributed by atoms with van der Waals surface area (Å²) in [6, 6.07) is 3.50. The third kappa shape index (κ3) is 5.75. The molecule has 188 valence electrons. The van der Waals surface area contributed by atoms with Crippen LogP contribution in [0.2, 0.25) is 0 Å². The van der Waals surface area contributed by atoms with Crippen LogP contribution in [-0.4, -0.2) is 48.3 Å². The molecule has 3 N–H and O–H groups in total. The van der Waals surface area contributed by atoms with Crippen LogP contribution in [0.5, 0.6) is 11.5 Å². The van der Waals surface area contributed by atoms with Gasteiger partial charge in [-0.05, 0) is 58.7 Å². The van der Waals surface area contributed by atoms with Gasteiger partial charge in [0.15, 0.2) is 0 Å². The molecule has 0 radical (unpaired) electrons. The van der Waals surface area contributed by atoms with Crippen molar-refractivity contribution in [2.75, 3.05) is 19.5 Å². The zero-order valence-electron chi connectivity index (χ0n) is 21.3. The summed E-state index contributed by atoms with van der Waals surface area (Å²) >= 11 is 0. The van der Waals surface area contributed by atoms with E-state index < -0.39 is 17.9 Å². The van der Waals surface area contributed by atoms with Crippen molar-refractivity contribution in [2.24, 2.45) is 0 Å². The smallest absolute Gasteiger partial charge is 0.325 e. The average Bonchev–Trinajstić information content (AvgIpc) is 3.34. The van der Waals surface area contributed by atoms with Crippen molar-refractivity contribution in [1.29, 1.82) is 0 Å². The number of carboxylic acid groups (broad SMARTS) is 1. The van der Waals surface area contributed by atoms with Crippen molar-refractivity contribution >= 4 is 23.8 Å². The Morgan fingerprint density at radius 3 is 2.31 bits per heavy atom. The Labute approximate surface area is 206 Å². The molecule has 1 fully saturated rings. The number of anilines is 1. The molecule has 1 amide bonds. The lowest BCUT2D eigenvalue weighted by Gasteiger charge is -2.21. The van der Waals surface area contributed by atoms with E-state index in [1.165, 1.54) is 32.6 Å². The summed E-state index contributed by atoms with van der Waals surface area (Å²) < 4.78 is 11.6. The molecule has 8 heteroatoms. The van der Waals surface area contributed by atoms with Crippen LogP contribution in [0.1, 0.15) is 56.2 Å². The molecule has 1 atom stereocenters. The Kier molecular flexibility index (Phi) is 8.38. The van der Waals surface area contributed by atoms with Crippen LogP contribution >= 0.6 is 0 Å². The number of carbonyl (C=O) groups excluding carboxylic acids is 1. The van der Waals surface area contributed by atoms with Crippen LogP contribution in [0.3, 0.4) is 0 Å². The van der Waals surface area contributed by atoms with Gasteiger partial charge in [0.2, 0.25) is 5.91 Å². The van der Waals surface area contributed by atoms with Gasteiger partial charge in [-0.25, -0.2) is 4.98 Å². The molecule has 1 aliphatic rings. The number of benzene rings is 1. The highest BCUT2D eigenvalue weighted by Crippen LogP contribution is 2.44. The van der Waals surface area contributed by atoms with E-state index in [-0.39, 0.29) is 0 Å². The number of hydrogen-bond donors (Lipinski definition) is 3. The monoisotopic (exact) mass is 481 g/mol. The molecule has 0 spiro atoms. The maximum absolute atomic E-state index is 12.5. The summed E-state index contributed by atoms with van der Waals surface area (Å²) in [6.07, 6.45) is 8.40. The van der Waals surface area contributed by atoms with Crippen LogP contribution in [0.25, 0.3) is 17.2 Å². The van der Waals surface area contributed by atoms with Crippen molar-refractivity contribution in [3.05, 3.63) is 40.6 Å². The molecule has 3 rings (SSSR count). The Bertz CT molecular complexity index is 1120. The normalized spacial score (nSPS) is 15.0. The van der Waals surface area contributed by atoms with Crippen LogP contribution in [0.4, 0.5) is 5.82 Å². The topological polar surface area (TPSA) is 110 Å². The van der Waals surface area contributed by atoms with Gasteiger partial charge in [-0.15, -0.1) is 0 Å². The highest BCUT2D eigenvalue weighted by atomic mass is 16.5. The van der Waals surface area contributed by atoms with E-state index in [1.807, 2.05) is 32.2 Å². The first-order valence-electron chi connectivity index (χ1n) is 11.9. The minimum Gasteiger partial charge on any atom is -0.496 e. The lowest BCUT2D eigenvalue weighted by atomic mass is 9.91. The summed E-state index contributed by atoms with van der Waals surface area (Å²) in [6.45, 7) is 6.91. The molecule has 1 aliphatic carbocycles. The van der Waals surface area contributed by atoms with Crippen LogP contribution in [-0.2, 0) is 9.59 Å². The van der Waals surface area contributed by atoms with Gasteiger partial charge in [-0.2, -0.15) is 0 Å². The number of carboxylic acids is 1. The third-order valence-electron chi connectivity index (χ3n) is 6.54. The van der Waals surface area contributed by atoms with E-state index in [4.69, 9.17) is 14.6 Å². The zero-order valence-corrected chi connectivity index (χ0v) is 21.3. The number of amides is 1. The van der Waals surface area contributed by atoms with Crippen molar-refractivity contribution < 1.29 is 24.2 Å². The predicted molar refractivity (Wildman–Crippen MR) is 137 cm³/mol. The Hall–Kier alpha value is -3.55. The van der Waals surface area contributed by atoms with Gasteiger partial charge in [-0.3, -0.25) is 9.59 Å². The Morgan fingerprint density at radius 2 is 1.77 bits per heavy atom. The molecule has 8 nitrogen and oxygen atoms in total. The molecule has 35 heavy (non-hydrogen) atoms. The summed E-state index contributed by atoms with van der Waals surface area (Å²) in [5, 5.41) is 15.1. The molecule has 1 saturated carbocycles. The average molecular weight is 482 g/mol. The lowest BCUT2D eigenvalue weighted by molar-refractivity contribution is -0.140. The fourth-order valence-corrected chi connectivity index (χ4v) is 4.57. The van der Waals surface area contributed by atoms with Gasteiger partial charge in [-0.1, -0.05) is 12.8 Å². The molecular formula is C27H35N3O5. The quantitative estimate of drug-likeness (QED) is 0.444. The number of carbonyl (C=O) groups is 2. The molecule has 0 unspecified atom stereocenters. The first-order chi connectivity index (χ1) is 16.7. The lowest BCUT2D eigenvalue weighted by Crippen LogP contribution is -2.38. The van der Waals surface area contributed by atoms with E-state index in [1.54, 1.807) is 27.2 Å². The minimum absolute atomic E-state index is 0.359. The summed E-state index contributed by atoms with van der Waals surface area (Å²) in [7, 11) is 3.20. The fraction of sp³-hybridized carbons (Fsp3) is 0.444. The van der Waals surface area contributed by atoms with Gasteiger partial charge in [0.1, 0.15) is 23.4 Å². The molecular weight excluding hydrogens is 446 g/mol. The van der Waals surface area contributed by atoms with Gasteiger partial charge in [0, 0.05) is 45.6 Å². The highest BCUT2D eigenvalue weighted by molar-refractivity contribution is 6.00. The number of aromatic nitrogens is 1. The Balaban J connectivity index is 2.00. The predicted octanol–water partition coefficient (Wildman–Crippen LogP) is 4.73.